The molecule has 94 valence electrons. The zero-order valence-electron chi connectivity index (χ0n) is 10.1. The van der Waals surface area contributed by atoms with Crippen LogP contribution >= 0.6 is 0 Å². The molecular weight excluding hydrogens is 236 g/mol. The Morgan fingerprint density at radius 2 is 2.18 bits per heavy atom. The van der Waals surface area contributed by atoms with E-state index in [0.717, 1.165) is 0 Å². The second-order valence-electron chi connectivity index (χ2n) is 4.26. The number of carbonyl (C=O) groups is 1. The lowest BCUT2D eigenvalue weighted by atomic mass is 10.2. The van der Waals surface area contributed by atoms with Crippen molar-refractivity contribution < 1.29 is 9.00 Å². The standard InChI is InChI=1S/C12H18N2O2S/c1-9(2)7-14-12(15)8-17(16)11-5-3-4-10(13)6-11/h3-6,9H,7-8,13H2,1-2H3,(H,14,15). The van der Waals surface area contributed by atoms with E-state index in [2.05, 4.69) is 5.32 Å². The fourth-order valence-electron chi connectivity index (χ4n) is 1.23. The van der Waals surface area contributed by atoms with Crippen LogP contribution in [0.4, 0.5) is 5.69 Å². The summed E-state index contributed by atoms with van der Waals surface area (Å²) < 4.78 is 11.8. The molecule has 1 aromatic rings. The number of benzene rings is 1. The van der Waals surface area contributed by atoms with Crippen LogP contribution in [0.25, 0.3) is 0 Å². The Balaban J connectivity index is 2.52. The first-order chi connectivity index (χ1) is 7.99. The highest BCUT2D eigenvalue weighted by molar-refractivity contribution is 7.85. The maximum absolute atomic E-state index is 11.8. The van der Waals surface area contributed by atoms with E-state index in [4.69, 9.17) is 5.73 Å². The van der Waals surface area contributed by atoms with Crippen LogP contribution in [0.3, 0.4) is 0 Å². The second kappa shape index (κ2) is 6.39. The Kier molecular flexibility index (Phi) is 5.15. The van der Waals surface area contributed by atoms with Crippen LogP contribution in [0.2, 0.25) is 0 Å². The van der Waals surface area contributed by atoms with Gasteiger partial charge in [0, 0.05) is 17.1 Å². The summed E-state index contributed by atoms with van der Waals surface area (Å²) in [4.78, 5) is 12.1. The van der Waals surface area contributed by atoms with Crippen LogP contribution in [0.5, 0.6) is 0 Å². The van der Waals surface area contributed by atoms with Gasteiger partial charge in [0.1, 0.15) is 5.75 Å². The Labute approximate surface area is 104 Å². The van der Waals surface area contributed by atoms with Crippen molar-refractivity contribution in [3.05, 3.63) is 24.3 Å². The molecule has 0 bridgehead atoms. The van der Waals surface area contributed by atoms with Gasteiger partial charge in [0.2, 0.25) is 5.91 Å². The van der Waals surface area contributed by atoms with Gasteiger partial charge in [0.15, 0.2) is 0 Å². The van der Waals surface area contributed by atoms with Crippen molar-refractivity contribution in [2.45, 2.75) is 18.7 Å². The van der Waals surface area contributed by atoms with Crippen LogP contribution < -0.4 is 11.1 Å². The van der Waals surface area contributed by atoms with Gasteiger partial charge in [-0.05, 0) is 24.1 Å². The molecule has 0 saturated carbocycles. The molecule has 3 N–H and O–H groups in total. The minimum atomic E-state index is -1.33. The lowest BCUT2D eigenvalue weighted by molar-refractivity contribution is -0.118. The molecule has 0 saturated heterocycles. The quantitative estimate of drug-likeness (QED) is 0.774. The van der Waals surface area contributed by atoms with E-state index in [0.29, 0.717) is 23.0 Å². The number of nitrogens with one attached hydrogen (secondary N) is 1. The molecule has 0 spiro atoms. The number of nitrogens with two attached hydrogens (primary N) is 1. The third-order valence-electron chi connectivity index (χ3n) is 2.09. The predicted molar refractivity (Wildman–Crippen MR) is 70.0 cm³/mol. The van der Waals surface area contributed by atoms with E-state index < -0.39 is 10.8 Å². The Morgan fingerprint density at radius 3 is 2.76 bits per heavy atom. The van der Waals surface area contributed by atoms with Gasteiger partial charge in [0.05, 0.1) is 10.8 Å². The van der Waals surface area contributed by atoms with Gasteiger partial charge in [-0.1, -0.05) is 19.9 Å². The van der Waals surface area contributed by atoms with Crippen LogP contribution in [0.15, 0.2) is 29.2 Å². The monoisotopic (exact) mass is 254 g/mol. The van der Waals surface area contributed by atoms with E-state index >= 15 is 0 Å². The highest BCUT2D eigenvalue weighted by Crippen LogP contribution is 2.10. The molecule has 0 heterocycles. The smallest absolute Gasteiger partial charge is 0.233 e. The predicted octanol–water partition coefficient (Wildman–Crippen LogP) is 1.15. The normalized spacial score (nSPS) is 12.4. The molecule has 0 aliphatic heterocycles. The van der Waals surface area contributed by atoms with E-state index in [1.807, 2.05) is 13.8 Å². The molecule has 0 aliphatic carbocycles. The lowest BCUT2D eigenvalue weighted by Gasteiger charge is -2.07. The summed E-state index contributed by atoms with van der Waals surface area (Å²) in [5.74, 6) is 0.176. The maximum atomic E-state index is 11.8. The van der Waals surface area contributed by atoms with Crippen molar-refractivity contribution >= 4 is 22.4 Å². The number of rotatable bonds is 5. The van der Waals surface area contributed by atoms with Crippen LogP contribution in [-0.4, -0.2) is 22.4 Å². The van der Waals surface area contributed by atoms with E-state index in [1.165, 1.54) is 0 Å². The van der Waals surface area contributed by atoms with Crippen LogP contribution in [-0.2, 0) is 15.6 Å². The molecule has 1 amide bonds. The number of hydrogen-bond donors (Lipinski definition) is 2. The molecule has 5 heteroatoms. The third-order valence-corrected chi connectivity index (χ3v) is 3.39. The van der Waals surface area contributed by atoms with Gasteiger partial charge in [0.25, 0.3) is 0 Å². The maximum Gasteiger partial charge on any atom is 0.233 e. The largest absolute Gasteiger partial charge is 0.399 e. The first kappa shape index (κ1) is 13.7. The summed E-state index contributed by atoms with van der Waals surface area (Å²) in [5.41, 5.74) is 6.14. The molecule has 1 aromatic carbocycles. The Bertz CT molecular complexity index is 419. The van der Waals surface area contributed by atoms with Crippen molar-refractivity contribution in [1.82, 2.24) is 5.32 Å². The summed E-state index contributed by atoms with van der Waals surface area (Å²) in [7, 11) is -1.33. The van der Waals surface area contributed by atoms with Crippen molar-refractivity contribution in [1.29, 1.82) is 0 Å². The zero-order chi connectivity index (χ0) is 12.8. The molecular formula is C12H18N2O2S. The van der Waals surface area contributed by atoms with Crippen molar-refractivity contribution in [3.8, 4) is 0 Å². The van der Waals surface area contributed by atoms with Gasteiger partial charge in [-0.25, -0.2) is 0 Å². The summed E-state index contributed by atoms with van der Waals surface area (Å²) >= 11 is 0. The highest BCUT2D eigenvalue weighted by atomic mass is 32.2. The Morgan fingerprint density at radius 1 is 1.47 bits per heavy atom. The van der Waals surface area contributed by atoms with Crippen molar-refractivity contribution in [2.24, 2.45) is 5.92 Å². The first-order valence-corrected chi connectivity index (χ1v) is 6.81. The van der Waals surface area contributed by atoms with E-state index in [1.54, 1.807) is 24.3 Å². The minimum absolute atomic E-state index is 0.0177. The summed E-state index contributed by atoms with van der Waals surface area (Å²) in [6.07, 6.45) is 0. The molecule has 1 rings (SSSR count). The molecule has 4 nitrogen and oxygen atoms in total. The molecule has 0 fully saturated rings. The molecule has 1 atom stereocenters. The number of anilines is 1. The highest BCUT2D eigenvalue weighted by Gasteiger charge is 2.10. The summed E-state index contributed by atoms with van der Waals surface area (Å²) in [6, 6.07) is 6.79. The summed E-state index contributed by atoms with van der Waals surface area (Å²) in [5, 5.41) is 2.73. The fraction of sp³-hybridized carbons (Fsp3) is 0.417. The second-order valence-corrected chi connectivity index (χ2v) is 5.71. The molecule has 0 aliphatic rings. The first-order valence-electron chi connectivity index (χ1n) is 5.49. The van der Waals surface area contributed by atoms with Gasteiger partial charge in [-0.15, -0.1) is 0 Å². The van der Waals surface area contributed by atoms with Gasteiger partial charge < -0.3 is 11.1 Å². The zero-order valence-corrected chi connectivity index (χ0v) is 10.9. The van der Waals surface area contributed by atoms with Crippen molar-refractivity contribution in [3.63, 3.8) is 0 Å². The van der Waals surface area contributed by atoms with Gasteiger partial charge in [-0.3, -0.25) is 9.00 Å². The number of carbonyl (C=O) groups excluding carboxylic acids is 1. The van der Waals surface area contributed by atoms with E-state index in [-0.39, 0.29) is 11.7 Å². The number of nitrogen functional groups attached to an aromatic ring is 1. The third kappa shape index (κ3) is 4.99. The lowest BCUT2D eigenvalue weighted by Crippen LogP contribution is -2.31. The molecule has 0 aromatic heterocycles. The van der Waals surface area contributed by atoms with Crippen LogP contribution in [0.1, 0.15) is 13.8 Å². The van der Waals surface area contributed by atoms with Gasteiger partial charge >= 0.3 is 0 Å². The fourth-order valence-corrected chi connectivity index (χ4v) is 2.23. The molecule has 1 unspecified atom stereocenters. The SMILES string of the molecule is CC(C)CNC(=O)CS(=O)c1cccc(N)c1. The van der Waals surface area contributed by atoms with Crippen LogP contribution in [0, 0.1) is 5.92 Å². The van der Waals surface area contributed by atoms with Crippen molar-refractivity contribution in [2.75, 3.05) is 18.0 Å². The Hall–Kier alpha value is -1.36. The summed E-state index contributed by atoms with van der Waals surface area (Å²) in [6.45, 7) is 4.62. The van der Waals surface area contributed by atoms with Gasteiger partial charge in [-0.2, -0.15) is 0 Å². The number of amides is 1. The molecule has 0 radical (unpaired) electrons. The topological polar surface area (TPSA) is 72.2 Å². The van der Waals surface area contributed by atoms with E-state index in [9.17, 15) is 9.00 Å². The molecule has 17 heavy (non-hydrogen) atoms. The average Bonchev–Trinajstić information content (AvgIpc) is 2.26. The number of hydrogen-bond acceptors (Lipinski definition) is 3. The average molecular weight is 254 g/mol. The minimum Gasteiger partial charge on any atom is -0.399 e.